The number of hydrogen-bond acceptors (Lipinski definition) is 2. The molecule has 16 heavy (non-hydrogen) atoms. The van der Waals surface area contributed by atoms with Gasteiger partial charge in [0.25, 0.3) is 0 Å². The molecular formula is C14H30O2. The lowest BCUT2D eigenvalue weighted by molar-refractivity contribution is 0.0967. The molecule has 0 atom stereocenters. The Balaban J connectivity index is 0.000000217. The zero-order valence-corrected chi connectivity index (χ0v) is 11.3. The molecule has 0 amide bonds. The van der Waals surface area contributed by atoms with Gasteiger partial charge in [0.1, 0.15) is 0 Å². The summed E-state index contributed by atoms with van der Waals surface area (Å²) in [6, 6.07) is 0. The molecule has 0 N–H and O–H groups in total. The second-order valence-corrected chi connectivity index (χ2v) is 4.35. The lowest BCUT2D eigenvalue weighted by Crippen LogP contribution is -2.03. The van der Waals surface area contributed by atoms with Gasteiger partial charge in [-0.1, -0.05) is 26.7 Å². The highest BCUT2D eigenvalue weighted by molar-refractivity contribution is 4.45. The van der Waals surface area contributed by atoms with Crippen LogP contribution in [0, 0.1) is 0 Å². The van der Waals surface area contributed by atoms with Gasteiger partial charge in [-0.3, -0.25) is 0 Å². The Bertz CT molecular complexity index is 70.3. The topological polar surface area (TPSA) is 18.5 Å². The van der Waals surface area contributed by atoms with Crippen molar-refractivity contribution in [2.75, 3.05) is 26.4 Å². The molecule has 0 radical (unpaired) electrons. The van der Waals surface area contributed by atoms with Crippen LogP contribution in [0.2, 0.25) is 0 Å². The summed E-state index contributed by atoms with van der Waals surface area (Å²) in [7, 11) is 0. The maximum Gasteiger partial charge on any atom is 0.0466 e. The number of unbranched alkanes of at least 4 members (excludes halogenated alkanes) is 1. The SMILES string of the molecule is C1CCOCC1.C1CCOCC1.CCCC. The highest BCUT2D eigenvalue weighted by Crippen LogP contribution is 2.02. The zero-order chi connectivity index (χ0) is 11.9. The highest BCUT2D eigenvalue weighted by atomic mass is 16.5. The maximum absolute atomic E-state index is 5.07. The van der Waals surface area contributed by atoms with Gasteiger partial charge < -0.3 is 9.47 Å². The second kappa shape index (κ2) is 14.9. The molecule has 0 aliphatic carbocycles. The van der Waals surface area contributed by atoms with Crippen LogP contribution in [0.4, 0.5) is 0 Å². The molecule has 2 saturated heterocycles. The molecule has 0 unspecified atom stereocenters. The number of hydrogen-bond donors (Lipinski definition) is 0. The Labute approximate surface area is 102 Å². The quantitative estimate of drug-likeness (QED) is 0.673. The van der Waals surface area contributed by atoms with E-state index in [-0.39, 0.29) is 0 Å². The van der Waals surface area contributed by atoms with E-state index in [1.165, 1.54) is 51.4 Å². The van der Waals surface area contributed by atoms with E-state index in [0.29, 0.717) is 0 Å². The van der Waals surface area contributed by atoms with Crippen LogP contribution >= 0.6 is 0 Å². The summed E-state index contributed by atoms with van der Waals surface area (Å²) < 4.78 is 10.1. The van der Waals surface area contributed by atoms with Gasteiger partial charge in [0.05, 0.1) is 0 Å². The van der Waals surface area contributed by atoms with E-state index in [4.69, 9.17) is 9.47 Å². The van der Waals surface area contributed by atoms with Crippen LogP contribution in [0.3, 0.4) is 0 Å². The molecule has 2 fully saturated rings. The van der Waals surface area contributed by atoms with Gasteiger partial charge in [-0.2, -0.15) is 0 Å². The summed E-state index contributed by atoms with van der Waals surface area (Å²) >= 11 is 0. The van der Waals surface area contributed by atoms with E-state index in [2.05, 4.69) is 13.8 Å². The third-order valence-electron chi connectivity index (χ3n) is 2.65. The second-order valence-electron chi connectivity index (χ2n) is 4.35. The fourth-order valence-electron chi connectivity index (χ4n) is 1.37. The van der Waals surface area contributed by atoms with Crippen molar-refractivity contribution in [3.8, 4) is 0 Å². The van der Waals surface area contributed by atoms with E-state index in [9.17, 15) is 0 Å². The number of rotatable bonds is 1. The van der Waals surface area contributed by atoms with Crippen molar-refractivity contribution in [2.45, 2.75) is 65.2 Å². The predicted octanol–water partition coefficient (Wildman–Crippen LogP) is 4.18. The summed E-state index contributed by atoms with van der Waals surface area (Å²) in [5.74, 6) is 0. The molecule has 0 saturated carbocycles. The molecule has 2 aliphatic rings. The first-order valence-corrected chi connectivity index (χ1v) is 7.07. The number of ether oxygens (including phenoxy) is 2. The molecule has 98 valence electrons. The van der Waals surface area contributed by atoms with Crippen LogP contribution in [0.1, 0.15) is 65.2 Å². The standard InChI is InChI=1S/2C5H10O.C4H10/c2*1-2-4-6-5-3-1;1-3-4-2/h2*1-5H2;3-4H2,1-2H3. The molecule has 0 aromatic carbocycles. The van der Waals surface area contributed by atoms with Crippen molar-refractivity contribution >= 4 is 0 Å². The Kier molecular flexibility index (Phi) is 14.8. The van der Waals surface area contributed by atoms with Crippen molar-refractivity contribution in [3.05, 3.63) is 0 Å². The van der Waals surface area contributed by atoms with Crippen LogP contribution in [0.15, 0.2) is 0 Å². The molecular weight excluding hydrogens is 200 g/mol. The van der Waals surface area contributed by atoms with Gasteiger partial charge in [-0.15, -0.1) is 0 Å². The molecule has 0 spiro atoms. The minimum Gasteiger partial charge on any atom is -0.381 e. The minimum atomic E-state index is 1.00. The largest absolute Gasteiger partial charge is 0.381 e. The van der Waals surface area contributed by atoms with Gasteiger partial charge in [0.15, 0.2) is 0 Å². The third kappa shape index (κ3) is 13.9. The van der Waals surface area contributed by atoms with Crippen molar-refractivity contribution < 1.29 is 9.47 Å². The van der Waals surface area contributed by atoms with Gasteiger partial charge in [-0.05, 0) is 38.5 Å². The molecule has 2 heteroatoms. The fraction of sp³-hybridized carbons (Fsp3) is 1.00. The highest BCUT2D eigenvalue weighted by Gasteiger charge is 1.95. The molecule has 2 rings (SSSR count). The normalized spacial score (nSPS) is 19.9. The van der Waals surface area contributed by atoms with E-state index < -0.39 is 0 Å². The minimum absolute atomic E-state index is 1.00. The predicted molar refractivity (Wildman–Crippen MR) is 69.9 cm³/mol. The first-order valence-electron chi connectivity index (χ1n) is 7.07. The summed E-state index contributed by atoms with van der Waals surface area (Å²) in [5, 5.41) is 0. The Hall–Kier alpha value is -0.0800. The molecule has 2 heterocycles. The summed E-state index contributed by atoms with van der Waals surface area (Å²) in [6.45, 7) is 8.36. The molecule has 2 nitrogen and oxygen atoms in total. The van der Waals surface area contributed by atoms with Crippen LogP contribution in [0.5, 0.6) is 0 Å². The molecule has 2 aliphatic heterocycles. The molecule has 0 aromatic rings. The fourth-order valence-corrected chi connectivity index (χ4v) is 1.37. The van der Waals surface area contributed by atoms with Crippen molar-refractivity contribution in [2.24, 2.45) is 0 Å². The van der Waals surface area contributed by atoms with Crippen molar-refractivity contribution in [3.63, 3.8) is 0 Å². The van der Waals surface area contributed by atoms with Crippen molar-refractivity contribution in [1.29, 1.82) is 0 Å². The summed E-state index contributed by atoms with van der Waals surface area (Å²) in [6.07, 6.45) is 10.5. The zero-order valence-electron chi connectivity index (χ0n) is 11.3. The molecule has 0 aromatic heterocycles. The smallest absolute Gasteiger partial charge is 0.0466 e. The summed E-state index contributed by atoms with van der Waals surface area (Å²) in [4.78, 5) is 0. The Morgan fingerprint density at radius 2 is 0.875 bits per heavy atom. The van der Waals surface area contributed by atoms with E-state index in [1.807, 2.05) is 0 Å². The van der Waals surface area contributed by atoms with Gasteiger partial charge in [-0.25, -0.2) is 0 Å². The molecule has 0 bridgehead atoms. The van der Waals surface area contributed by atoms with Crippen molar-refractivity contribution in [1.82, 2.24) is 0 Å². The van der Waals surface area contributed by atoms with Gasteiger partial charge in [0.2, 0.25) is 0 Å². The third-order valence-corrected chi connectivity index (χ3v) is 2.65. The lowest BCUT2D eigenvalue weighted by atomic mass is 10.2. The lowest BCUT2D eigenvalue weighted by Gasteiger charge is -2.08. The average molecular weight is 230 g/mol. The Morgan fingerprint density at radius 1 is 0.562 bits per heavy atom. The monoisotopic (exact) mass is 230 g/mol. The van der Waals surface area contributed by atoms with Crippen LogP contribution in [0.25, 0.3) is 0 Å². The Morgan fingerprint density at radius 3 is 0.938 bits per heavy atom. The van der Waals surface area contributed by atoms with Gasteiger partial charge in [0, 0.05) is 26.4 Å². The maximum atomic E-state index is 5.07. The first kappa shape index (κ1) is 15.9. The van der Waals surface area contributed by atoms with E-state index in [0.717, 1.165) is 26.4 Å². The van der Waals surface area contributed by atoms with E-state index >= 15 is 0 Å². The van der Waals surface area contributed by atoms with Crippen LogP contribution < -0.4 is 0 Å². The average Bonchev–Trinajstić information content (AvgIpc) is 2.44. The van der Waals surface area contributed by atoms with Gasteiger partial charge >= 0.3 is 0 Å². The van der Waals surface area contributed by atoms with Crippen LogP contribution in [-0.2, 0) is 9.47 Å². The first-order chi connectivity index (χ1) is 7.91. The van der Waals surface area contributed by atoms with E-state index in [1.54, 1.807) is 0 Å². The van der Waals surface area contributed by atoms with Crippen LogP contribution in [-0.4, -0.2) is 26.4 Å². The summed E-state index contributed by atoms with van der Waals surface area (Å²) in [5.41, 5.74) is 0.